The Balaban J connectivity index is 1.31. The molecule has 0 aliphatic carbocycles. The molecule has 7 rings (SSSR count). The van der Waals surface area contributed by atoms with Gasteiger partial charge in [-0.15, -0.1) is 0 Å². The number of piperazine rings is 1. The maximum atomic E-state index is 14.9. The van der Waals surface area contributed by atoms with E-state index in [1.165, 1.54) is 6.08 Å². The van der Waals surface area contributed by atoms with Crippen LogP contribution in [-0.4, -0.2) is 103 Å². The number of carbonyl (C=O) groups excluding carboxylic acids is 2. The fraction of sp³-hybridized carbons (Fsp3) is 0.375. The van der Waals surface area contributed by atoms with Crippen LogP contribution in [0.4, 0.5) is 34.4 Å². The molecule has 4 aromatic rings. The van der Waals surface area contributed by atoms with Gasteiger partial charge in [0, 0.05) is 75.7 Å². The number of likely N-dealkylation sites (tertiary alicyclic amines) is 1. The van der Waals surface area contributed by atoms with Crippen molar-refractivity contribution in [1.29, 1.82) is 0 Å². The van der Waals surface area contributed by atoms with E-state index in [0.29, 0.717) is 73.1 Å². The number of piperidine rings is 1. The van der Waals surface area contributed by atoms with Crippen molar-refractivity contribution >= 4 is 57.2 Å². The second-order valence-corrected chi connectivity index (χ2v) is 13.7. The summed E-state index contributed by atoms with van der Waals surface area (Å²) in [5.74, 6) is 5.87. The molecule has 2 saturated heterocycles. The number of ether oxygens (including phenoxy) is 1. The van der Waals surface area contributed by atoms with Crippen molar-refractivity contribution in [2.24, 2.45) is 0 Å². The number of rotatable bonds is 7. The number of hydrogen-bond donors (Lipinski definition) is 1. The summed E-state index contributed by atoms with van der Waals surface area (Å²) < 4.78 is 7.53. The third-order valence-corrected chi connectivity index (χ3v) is 10.4. The van der Waals surface area contributed by atoms with E-state index < -0.39 is 0 Å². The number of benzene rings is 2. The SMILES string of the molecule is C=CC(=O)N1CCN(c2cc3cnc(Nc4ccc(N5CCN(C)CC5)cc4OC)nc3n([C@@H]3CCCN(C(=O)C#CC)C3)c2=O)c2cccc(C)c21. The zero-order chi connectivity index (χ0) is 37.2. The molecule has 2 aromatic heterocycles. The summed E-state index contributed by atoms with van der Waals surface area (Å²) in [5, 5.41) is 4.00. The lowest BCUT2D eigenvalue weighted by Crippen LogP contribution is -2.45. The highest BCUT2D eigenvalue weighted by molar-refractivity contribution is 6.05. The van der Waals surface area contributed by atoms with Gasteiger partial charge in [0.05, 0.1) is 30.2 Å². The van der Waals surface area contributed by atoms with Gasteiger partial charge in [0.15, 0.2) is 0 Å². The lowest BCUT2D eigenvalue weighted by molar-refractivity contribution is -0.126. The maximum Gasteiger partial charge on any atom is 0.298 e. The standard InChI is InChI=1S/C40H45N9O4/c1-6-10-36(51)46-16-9-12-30(26-46)49-38-28(23-33(39(49)52)47-21-22-48(35(50)7-2)37-27(3)11-8-13-32(37)47)25-41-40(43-38)42-31-15-14-29(24-34(31)53-5)45-19-17-44(4)18-20-45/h7-8,11,13-15,23-25,30H,2,9,12,16-22,26H2,1,3-5H3,(H,41,42,43)/t30-/m1/s1. The van der Waals surface area contributed by atoms with Crippen LogP contribution in [0.1, 0.15) is 31.4 Å². The highest BCUT2D eigenvalue weighted by Gasteiger charge is 2.32. The molecule has 1 N–H and O–H groups in total. The summed E-state index contributed by atoms with van der Waals surface area (Å²) in [5.41, 5.74) is 4.83. The third-order valence-electron chi connectivity index (χ3n) is 10.4. The van der Waals surface area contributed by atoms with E-state index in [4.69, 9.17) is 14.7 Å². The summed E-state index contributed by atoms with van der Waals surface area (Å²) in [4.78, 5) is 60.5. The van der Waals surface area contributed by atoms with E-state index in [1.54, 1.807) is 34.6 Å². The van der Waals surface area contributed by atoms with Crippen molar-refractivity contribution in [1.82, 2.24) is 24.3 Å². The van der Waals surface area contributed by atoms with E-state index >= 15 is 0 Å². The zero-order valence-electron chi connectivity index (χ0n) is 30.8. The summed E-state index contributed by atoms with van der Waals surface area (Å²) in [6.07, 6.45) is 4.41. The summed E-state index contributed by atoms with van der Waals surface area (Å²) in [7, 11) is 3.77. The number of nitrogens with one attached hydrogen (secondary N) is 1. The number of fused-ring (bicyclic) bond motifs is 2. The van der Waals surface area contributed by atoms with Gasteiger partial charge < -0.3 is 34.6 Å². The van der Waals surface area contributed by atoms with Crippen LogP contribution in [0.2, 0.25) is 0 Å². The van der Waals surface area contributed by atoms with Crippen molar-refractivity contribution in [2.45, 2.75) is 32.7 Å². The van der Waals surface area contributed by atoms with Crippen LogP contribution < -0.4 is 30.3 Å². The summed E-state index contributed by atoms with van der Waals surface area (Å²) in [6.45, 7) is 12.8. The Bertz CT molecular complexity index is 2200. The van der Waals surface area contributed by atoms with Gasteiger partial charge in [-0.3, -0.25) is 19.0 Å². The Hall–Kier alpha value is -5.87. The van der Waals surface area contributed by atoms with Crippen molar-refractivity contribution in [2.75, 3.05) is 86.5 Å². The molecule has 2 amide bonds. The molecule has 274 valence electrons. The van der Waals surface area contributed by atoms with E-state index in [1.807, 2.05) is 48.2 Å². The molecule has 0 saturated carbocycles. The first-order valence-electron chi connectivity index (χ1n) is 18.0. The molecule has 2 aromatic carbocycles. The number of aromatic nitrogens is 3. The highest BCUT2D eigenvalue weighted by atomic mass is 16.5. The first kappa shape index (κ1) is 35.5. The van der Waals surface area contributed by atoms with Crippen LogP contribution in [0.3, 0.4) is 0 Å². The number of methoxy groups -OCH3 is 1. The lowest BCUT2D eigenvalue weighted by Gasteiger charge is -2.39. The van der Waals surface area contributed by atoms with Gasteiger partial charge in [-0.1, -0.05) is 24.6 Å². The van der Waals surface area contributed by atoms with Gasteiger partial charge in [0.1, 0.15) is 17.1 Å². The van der Waals surface area contributed by atoms with Crippen LogP contribution in [-0.2, 0) is 9.59 Å². The minimum Gasteiger partial charge on any atom is -0.494 e. The van der Waals surface area contributed by atoms with Crippen LogP contribution in [0, 0.1) is 18.8 Å². The molecule has 0 bridgehead atoms. The second-order valence-electron chi connectivity index (χ2n) is 13.7. The molecular formula is C40H45N9O4. The van der Waals surface area contributed by atoms with E-state index in [9.17, 15) is 14.4 Å². The molecule has 0 radical (unpaired) electrons. The molecular weight excluding hydrogens is 670 g/mol. The lowest BCUT2D eigenvalue weighted by atomic mass is 10.0. The average molecular weight is 716 g/mol. The number of hydrogen-bond acceptors (Lipinski definition) is 10. The van der Waals surface area contributed by atoms with Crippen molar-refractivity contribution < 1.29 is 14.3 Å². The van der Waals surface area contributed by atoms with Crippen LogP contribution >= 0.6 is 0 Å². The molecule has 13 nitrogen and oxygen atoms in total. The minimum absolute atomic E-state index is 0.197. The predicted molar refractivity (Wildman–Crippen MR) is 209 cm³/mol. The van der Waals surface area contributed by atoms with Gasteiger partial charge >= 0.3 is 0 Å². The molecule has 5 heterocycles. The first-order chi connectivity index (χ1) is 25.7. The molecule has 0 unspecified atom stereocenters. The molecule has 13 heteroatoms. The highest BCUT2D eigenvalue weighted by Crippen LogP contribution is 2.40. The Morgan fingerprint density at radius 3 is 2.60 bits per heavy atom. The zero-order valence-corrected chi connectivity index (χ0v) is 30.8. The molecule has 2 fully saturated rings. The van der Waals surface area contributed by atoms with Crippen molar-refractivity contribution in [3.05, 3.63) is 77.2 Å². The van der Waals surface area contributed by atoms with Crippen molar-refractivity contribution in [3.8, 4) is 17.6 Å². The van der Waals surface area contributed by atoms with Gasteiger partial charge in [0.25, 0.3) is 17.4 Å². The van der Waals surface area contributed by atoms with Gasteiger partial charge in [-0.05, 0) is 75.6 Å². The maximum absolute atomic E-state index is 14.9. The topological polar surface area (TPSA) is 119 Å². The number of para-hydroxylation sites is 1. The monoisotopic (exact) mass is 715 g/mol. The van der Waals surface area contributed by atoms with Crippen molar-refractivity contribution in [3.63, 3.8) is 0 Å². The van der Waals surface area contributed by atoms with E-state index in [2.05, 4.69) is 46.7 Å². The number of aryl methyl sites for hydroxylation is 1. The minimum atomic E-state index is -0.359. The fourth-order valence-electron chi connectivity index (χ4n) is 7.62. The quantitative estimate of drug-likeness (QED) is 0.217. The molecule has 53 heavy (non-hydrogen) atoms. The van der Waals surface area contributed by atoms with Gasteiger partial charge in [0.2, 0.25) is 5.95 Å². The van der Waals surface area contributed by atoms with Gasteiger partial charge in [-0.2, -0.15) is 4.98 Å². The molecule has 0 spiro atoms. The molecule has 1 atom stereocenters. The first-order valence-corrected chi connectivity index (χ1v) is 18.0. The van der Waals surface area contributed by atoms with E-state index in [-0.39, 0.29) is 23.4 Å². The number of nitrogens with zero attached hydrogens (tertiary/aromatic N) is 8. The number of amides is 2. The smallest absolute Gasteiger partial charge is 0.298 e. The molecule has 3 aliphatic rings. The third kappa shape index (κ3) is 6.90. The Morgan fingerprint density at radius 2 is 1.85 bits per heavy atom. The second kappa shape index (κ2) is 15.0. The Kier molecular flexibility index (Phi) is 10.1. The fourth-order valence-corrected chi connectivity index (χ4v) is 7.62. The number of carbonyl (C=O) groups is 2. The summed E-state index contributed by atoms with van der Waals surface area (Å²) >= 11 is 0. The largest absolute Gasteiger partial charge is 0.494 e. The predicted octanol–water partition coefficient (Wildman–Crippen LogP) is 4.46. The van der Waals surface area contributed by atoms with E-state index in [0.717, 1.165) is 48.8 Å². The molecule has 3 aliphatic heterocycles. The van der Waals surface area contributed by atoms with Gasteiger partial charge in [-0.25, -0.2) is 4.98 Å². The number of anilines is 6. The Morgan fingerprint density at radius 1 is 1.04 bits per heavy atom. The Labute approximate surface area is 309 Å². The van der Waals surface area contributed by atoms with Crippen LogP contribution in [0.25, 0.3) is 11.0 Å². The van der Waals surface area contributed by atoms with Crippen LogP contribution in [0.5, 0.6) is 5.75 Å². The number of pyridine rings is 1. The summed E-state index contributed by atoms with van der Waals surface area (Å²) in [6, 6.07) is 13.3. The average Bonchev–Trinajstić information content (AvgIpc) is 3.18. The normalized spacial score (nSPS) is 17.5. The van der Waals surface area contributed by atoms with Crippen LogP contribution in [0.15, 0.2) is 66.1 Å². The number of likely N-dealkylation sites (N-methyl/N-ethyl adjacent to an activating group) is 1.